The molecule has 7 heteroatoms. The van der Waals surface area contributed by atoms with E-state index in [0.717, 1.165) is 48.8 Å². The molecule has 0 aliphatic carbocycles. The predicted octanol–water partition coefficient (Wildman–Crippen LogP) is 3.12. The summed E-state index contributed by atoms with van der Waals surface area (Å²) < 4.78 is 7.09. The normalized spacial score (nSPS) is 22.7. The van der Waals surface area contributed by atoms with Crippen LogP contribution in [0.25, 0.3) is 10.2 Å². The molecule has 0 saturated carbocycles. The van der Waals surface area contributed by atoms with Gasteiger partial charge in [-0.05, 0) is 30.2 Å². The van der Waals surface area contributed by atoms with Crippen LogP contribution in [0.3, 0.4) is 0 Å². The van der Waals surface area contributed by atoms with E-state index in [2.05, 4.69) is 16.0 Å². The van der Waals surface area contributed by atoms with Crippen LogP contribution in [-0.2, 0) is 9.53 Å². The molecule has 2 atom stereocenters. The first-order valence-corrected chi connectivity index (χ1v) is 10.5. The van der Waals surface area contributed by atoms with Crippen molar-refractivity contribution < 1.29 is 9.53 Å². The van der Waals surface area contributed by atoms with Crippen LogP contribution in [-0.4, -0.2) is 53.6 Å². The van der Waals surface area contributed by atoms with Crippen molar-refractivity contribution >= 4 is 32.6 Å². The highest BCUT2D eigenvalue weighted by Crippen LogP contribution is 2.36. The first kappa shape index (κ1) is 17.6. The smallest absolute Gasteiger partial charge is 0.228 e. The Bertz CT molecular complexity index is 936. The second kappa shape index (κ2) is 7.48. The summed E-state index contributed by atoms with van der Waals surface area (Å²) in [6, 6.07) is 12.1. The molecule has 3 aromatic rings. The Kier molecular flexibility index (Phi) is 4.70. The number of ether oxygens (including phenoxy) is 1. The largest absolute Gasteiger partial charge is 0.373 e. The second-order valence-electron chi connectivity index (χ2n) is 7.25. The maximum absolute atomic E-state index is 13.2. The molecule has 0 unspecified atom stereocenters. The van der Waals surface area contributed by atoms with E-state index in [1.807, 2.05) is 35.2 Å². The minimum atomic E-state index is -0.177. The van der Waals surface area contributed by atoms with Gasteiger partial charge in [-0.25, -0.2) is 4.98 Å². The molecule has 28 heavy (non-hydrogen) atoms. The summed E-state index contributed by atoms with van der Waals surface area (Å²) in [6.07, 6.45) is 4.15. The highest BCUT2D eigenvalue weighted by molar-refractivity contribution is 7.22. The molecule has 1 amide bonds. The summed E-state index contributed by atoms with van der Waals surface area (Å²) in [5.41, 5.74) is 2.04. The number of amides is 1. The van der Waals surface area contributed by atoms with Crippen molar-refractivity contribution in [3.63, 3.8) is 0 Å². The van der Waals surface area contributed by atoms with Crippen LogP contribution in [0.5, 0.6) is 0 Å². The molecular formula is C21H22N4O2S. The Morgan fingerprint density at radius 1 is 1.11 bits per heavy atom. The molecular weight excluding hydrogens is 372 g/mol. The Labute approximate surface area is 167 Å². The third-order valence-electron chi connectivity index (χ3n) is 5.57. The monoisotopic (exact) mass is 394 g/mol. The zero-order valence-electron chi connectivity index (χ0n) is 15.5. The molecule has 0 bridgehead atoms. The molecule has 2 fully saturated rings. The summed E-state index contributed by atoms with van der Waals surface area (Å²) in [5.74, 6) is 0.0912. The molecule has 6 nitrogen and oxygen atoms in total. The molecule has 4 heterocycles. The first-order valence-electron chi connectivity index (χ1n) is 9.70. The Hall–Kier alpha value is -2.51. The Morgan fingerprint density at radius 3 is 2.75 bits per heavy atom. The number of benzene rings is 1. The summed E-state index contributed by atoms with van der Waals surface area (Å²) >= 11 is 1.72. The number of hydrogen-bond acceptors (Lipinski definition) is 6. The molecule has 0 N–H and O–H groups in total. The summed E-state index contributed by atoms with van der Waals surface area (Å²) in [5, 5.41) is 1.05. The van der Waals surface area contributed by atoms with Crippen LogP contribution in [0.4, 0.5) is 5.13 Å². The van der Waals surface area contributed by atoms with Crippen LogP contribution in [0, 0.1) is 5.92 Å². The average molecular weight is 395 g/mol. The van der Waals surface area contributed by atoms with E-state index in [-0.39, 0.29) is 17.9 Å². The van der Waals surface area contributed by atoms with E-state index in [4.69, 9.17) is 9.72 Å². The van der Waals surface area contributed by atoms with E-state index in [1.165, 1.54) is 4.70 Å². The number of para-hydroxylation sites is 1. The minimum absolute atomic E-state index is 0.113. The van der Waals surface area contributed by atoms with Gasteiger partial charge in [0.1, 0.15) is 0 Å². The third-order valence-corrected chi connectivity index (χ3v) is 6.66. The molecule has 2 aliphatic rings. The van der Waals surface area contributed by atoms with Crippen molar-refractivity contribution in [1.82, 2.24) is 14.9 Å². The number of pyridine rings is 1. The van der Waals surface area contributed by atoms with Gasteiger partial charge in [0, 0.05) is 45.2 Å². The lowest BCUT2D eigenvalue weighted by Crippen LogP contribution is -2.50. The highest BCUT2D eigenvalue weighted by Gasteiger charge is 2.38. The SMILES string of the molecule is O=C([C@H]1CCO[C@@H]1c1cccnc1)N1CCN(c2nc3ccccc3s2)CC1. The fourth-order valence-electron chi connectivity index (χ4n) is 4.06. The van der Waals surface area contributed by atoms with Crippen molar-refractivity contribution in [1.29, 1.82) is 0 Å². The zero-order valence-corrected chi connectivity index (χ0v) is 16.3. The van der Waals surface area contributed by atoms with Crippen molar-refractivity contribution in [2.45, 2.75) is 12.5 Å². The number of hydrogen-bond donors (Lipinski definition) is 0. The molecule has 2 saturated heterocycles. The van der Waals surface area contributed by atoms with Gasteiger partial charge in [0.25, 0.3) is 0 Å². The van der Waals surface area contributed by atoms with Gasteiger partial charge in [-0.1, -0.05) is 29.5 Å². The third kappa shape index (κ3) is 3.25. The number of carbonyl (C=O) groups is 1. The van der Waals surface area contributed by atoms with Gasteiger partial charge in [-0.3, -0.25) is 9.78 Å². The quantitative estimate of drug-likeness (QED) is 0.683. The van der Waals surface area contributed by atoms with Crippen molar-refractivity contribution in [2.75, 3.05) is 37.7 Å². The molecule has 1 aromatic carbocycles. The first-order chi connectivity index (χ1) is 13.8. The standard InChI is InChI=1S/C21H22N4O2S/c26-20(16-7-13-27-19(16)15-4-3-8-22-14-15)24-9-11-25(12-10-24)21-23-17-5-1-2-6-18(17)28-21/h1-6,8,14,16,19H,7,9-13H2/t16-,19+/m0/s1. The van der Waals surface area contributed by atoms with Gasteiger partial charge in [0.2, 0.25) is 5.91 Å². The van der Waals surface area contributed by atoms with E-state index in [1.54, 1.807) is 23.7 Å². The number of fused-ring (bicyclic) bond motifs is 1. The number of rotatable bonds is 3. The molecule has 0 radical (unpaired) electrons. The summed E-state index contributed by atoms with van der Waals surface area (Å²) in [7, 11) is 0. The van der Waals surface area contributed by atoms with Crippen molar-refractivity contribution in [2.24, 2.45) is 5.92 Å². The second-order valence-corrected chi connectivity index (χ2v) is 8.26. The number of anilines is 1. The van der Waals surface area contributed by atoms with Gasteiger partial charge in [-0.15, -0.1) is 0 Å². The molecule has 5 rings (SSSR count). The van der Waals surface area contributed by atoms with Gasteiger partial charge in [0.15, 0.2) is 5.13 Å². The van der Waals surface area contributed by atoms with Gasteiger partial charge in [-0.2, -0.15) is 0 Å². The maximum Gasteiger partial charge on any atom is 0.228 e. The van der Waals surface area contributed by atoms with Crippen LogP contribution >= 0.6 is 11.3 Å². The Morgan fingerprint density at radius 2 is 1.96 bits per heavy atom. The molecule has 2 aromatic heterocycles. The van der Waals surface area contributed by atoms with Gasteiger partial charge in [0.05, 0.1) is 22.2 Å². The fourth-order valence-corrected chi connectivity index (χ4v) is 5.08. The average Bonchev–Trinajstić information content (AvgIpc) is 3.41. The number of thiazole rings is 1. The van der Waals surface area contributed by atoms with Crippen LogP contribution in [0.2, 0.25) is 0 Å². The minimum Gasteiger partial charge on any atom is -0.373 e. The lowest BCUT2D eigenvalue weighted by molar-refractivity contribution is -0.137. The topological polar surface area (TPSA) is 58.6 Å². The number of aromatic nitrogens is 2. The van der Waals surface area contributed by atoms with Crippen LogP contribution in [0.15, 0.2) is 48.8 Å². The molecule has 0 spiro atoms. The van der Waals surface area contributed by atoms with Crippen molar-refractivity contribution in [3.8, 4) is 0 Å². The van der Waals surface area contributed by atoms with Crippen LogP contribution < -0.4 is 4.90 Å². The highest BCUT2D eigenvalue weighted by atomic mass is 32.1. The summed E-state index contributed by atoms with van der Waals surface area (Å²) in [4.78, 5) is 26.4. The van der Waals surface area contributed by atoms with E-state index in [9.17, 15) is 4.79 Å². The number of carbonyl (C=O) groups excluding carboxylic acids is 1. The zero-order chi connectivity index (χ0) is 18.9. The van der Waals surface area contributed by atoms with Gasteiger partial charge < -0.3 is 14.5 Å². The van der Waals surface area contributed by atoms with E-state index < -0.39 is 0 Å². The van der Waals surface area contributed by atoms with E-state index >= 15 is 0 Å². The Balaban J connectivity index is 1.25. The number of nitrogens with zero attached hydrogens (tertiary/aromatic N) is 4. The van der Waals surface area contributed by atoms with E-state index in [0.29, 0.717) is 6.61 Å². The van der Waals surface area contributed by atoms with Gasteiger partial charge >= 0.3 is 0 Å². The number of piperazine rings is 1. The summed E-state index contributed by atoms with van der Waals surface area (Å²) in [6.45, 7) is 3.71. The lowest BCUT2D eigenvalue weighted by atomic mass is 9.94. The predicted molar refractivity (Wildman–Crippen MR) is 109 cm³/mol. The fraction of sp³-hybridized carbons (Fsp3) is 0.381. The van der Waals surface area contributed by atoms with Crippen molar-refractivity contribution in [3.05, 3.63) is 54.4 Å². The molecule has 2 aliphatic heterocycles. The molecule has 144 valence electrons. The maximum atomic E-state index is 13.2. The lowest BCUT2D eigenvalue weighted by Gasteiger charge is -2.36. The van der Waals surface area contributed by atoms with Crippen LogP contribution in [0.1, 0.15) is 18.1 Å².